The molecular weight excluding hydrogens is 411 g/mol. The van der Waals surface area contributed by atoms with E-state index in [1.807, 2.05) is 5.32 Å². The van der Waals surface area contributed by atoms with Crippen LogP contribution in [-0.4, -0.2) is 33.9 Å². The van der Waals surface area contributed by atoms with Crippen LogP contribution in [0.5, 0.6) is 0 Å². The van der Waals surface area contributed by atoms with Gasteiger partial charge in [-0.3, -0.25) is 14.2 Å². The highest BCUT2D eigenvalue weighted by atomic mass is 32.2. The van der Waals surface area contributed by atoms with Gasteiger partial charge in [0, 0.05) is 11.4 Å². The largest absolute Gasteiger partial charge is 0.405 e. The molecule has 0 fully saturated rings. The van der Waals surface area contributed by atoms with E-state index in [4.69, 9.17) is 0 Å². The zero-order chi connectivity index (χ0) is 20.3. The molecule has 3 rings (SSSR count). The van der Waals surface area contributed by atoms with Gasteiger partial charge in [-0.1, -0.05) is 24.3 Å². The highest BCUT2D eigenvalue weighted by molar-refractivity contribution is 7.99. The summed E-state index contributed by atoms with van der Waals surface area (Å²) < 4.78 is 38.1. The number of nitrogens with one attached hydrogen (secondary N) is 1. The van der Waals surface area contributed by atoms with Gasteiger partial charge in [0.15, 0.2) is 5.16 Å². The minimum atomic E-state index is -4.46. The Morgan fingerprint density at radius 2 is 2.07 bits per heavy atom. The van der Waals surface area contributed by atoms with Crippen LogP contribution in [0.2, 0.25) is 0 Å². The van der Waals surface area contributed by atoms with E-state index in [1.165, 1.54) is 20.8 Å². The van der Waals surface area contributed by atoms with Crippen LogP contribution in [-0.2, 0) is 24.2 Å². The van der Waals surface area contributed by atoms with Crippen molar-refractivity contribution in [1.29, 1.82) is 0 Å². The molecule has 10 heteroatoms. The van der Waals surface area contributed by atoms with E-state index in [-0.39, 0.29) is 17.9 Å². The Morgan fingerprint density at radius 3 is 2.79 bits per heavy atom. The van der Waals surface area contributed by atoms with E-state index in [0.717, 1.165) is 49.4 Å². The molecule has 2 aromatic heterocycles. The molecule has 2 heterocycles. The lowest BCUT2D eigenvalue weighted by atomic mass is 10.1. The predicted octanol–water partition coefficient (Wildman–Crippen LogP) is 3.68. The third kappa shape index (κ3) is 4.78. The maximum absolute atomic E-state index is 13.1. The highest BCUT2D eigenvalue weighted by Crippen LogP contribution is 2.34. The van der Waals surface area contributed by atoms with Gasteiger partial charge in [0.25, 0.3) is 5.56 Å². The molecule has 1 amide bonds. The zero-order valence-electron chi connectivity index (χ0n) is 15.1. The number of hydrogen-bond acceptors (Lipinski definition) is 5. The van der Waals surface area contributed by atoms with E-state index in [1.54, 1.807) is 6.08 Å². The maximum atomic E-state index is 13.1. The Labute approximate surface area is 168 Å². The summed E-state index contributed by atoms with van der Waals surface area (Å²) in [6, 6.07) is 0. The van der Waals surface area contributed by atoms with Crippen molar-refractivity contribution < 1.29 is 18.0 Å². The smallest absolute Gasteiger partial charge is 0.346 e. The van der Waals surface area contributed by atoms with E-state index < -0.39 is 18.6 Å². The summed E-state index contributed by atoms with van der Waals surface area (Å²) in [6.45, 7) is 2.50. The first-order valence-electron chi connectivity index (χ1n) is 8.92. The Kier molecular flexibility index (Phi) is 6.49. The van der Waals surface area contributed by atoms with E-state index in [0.29, 0.717) is 15.4 Å². The second kappa shape index (κ2) is 8.69. The molecule has 1 aliphatic rings. The number of aromatic nitrogens is 2. The van der Waals surface area contributed by atoms with Crippen molar-refractivity contribution in [3.05, 3.63) is 33.4 Å². The van der Waals surface area contributed by atoms with E-state index in [2.05, 4.69) is 11.6 Å². The number of allylic oxidation sites excluding steroid dienone is 1. The molecule has 0 bridgehead atoms. The average molecular weight is 432 g/mol. The number of thiophene rings is 1. The molecule has 0 aliphatic heterocycles. The molecule has 0 spiro atoms. The fourth-order valence-corrected chi connectivity index (χ4v) is 5.32. The van der Waals surface area contributed by atoms with Gasteiger partial charge < -0.3 is 5.32 Å². The Morgan fingerprint density at radius 1 is 1.32 bits per heavy atom. The van der Waals surface area contributed by atoms with Crippen molar-refractivity contribution >= 4 is 39.2 Å². The molecule has 0 saturated heterocycles. The summed E-state index contributed by atoms with van der Waals surface area (Å²) in [7, 11) is 0. The molecule has 0 radical (unpaired) electrons. The van der Waals surface area contributed by atoms with Gasteiger partial charge in [-0.2, -0.15) is 13.2 Å². The number of rotatable bonds is 6. The summed E-state index contributed by atoms with van der Waals surface area (Å²) in [6.07, 6.45) is 2.15. The minimum Gasteiger partial charge on any atom is -0.346 e. The fourth-order valence-electron chi connectivity index (χ4n) is 3.18. The summed E-state index contributed by atoms with van der Waals surface area (Å²) in [4.78, 5) is 31.2. The summed E-state index contributed by atoms with van der Waals surface area (Å²) in [5.41, 5.74) is 0.898. The van der Waals surface area contributed by atoms with E-state index >= 15 is 0 Å². The molecule has 1 aliphatic carbocycles. The van der Waals surface area contributed by atoms with Crippen LogP contribution in [0.25, 0.3) is 10.2 Å². The Balaban J connectivity index is 1.89. The summed E-state index contributed by atoms with van der Waals surface area (Å²) in [5.74, 6) is -1.01. The molecule has 5 nitrogen and oxygen atoms in total. The van der Waals surface area contributed by atoms with Gasteiger partial charge >= 0.3 is 6.18 Å². The molecule has 0 unspecified atom stereocenters. The number of fused-ring (bicyclic) bond motifs is 3. The molecule has 152 valence electrons. The monoisotopic (exact) mass is 431 g/mol. The fraction of sp³-hybridized carbons (Fsp3) is 0.500. The third-order valence-corrected chi connectivity index (χ3v) is 6.58. The number of hydrogen-bond donors (Lipinski definition) is 1. The normalized spacial score (nSPS) is 14.5. The van der Waals surface area contributed by atoms with Gasteiger partial charge in [0.2, 0.25) is 5.91 Å². The van der Waals surface area contributed by atoms with Crippen LogP contribution in [0.3, 0.4) is 0 Å². The Bertz CT molecular complexity index is 950. The number of aryl methyl sites for hydroxylation is 2. The lowest BCUT2D eigenvalue weighted by Crippen LogP contribution is -2.35. The van der Waals surface area contributed by atoms with Crippen LogP contribution < -0.4 is 10.9 Å². The standard InChI is InChI=1S/C18H20F3N3O2S2/c1-2-8-24-16(26)14-11-6-4-3-5-7-12(11)28-15(14)23-17(24)27-9-13(25)22-10-18(19,20)21/h2H,1,3-10H2,(H,22,25). The predicted molar refractivity (Wildman–Crippen MR) is 105 cm³/mol. The summed E-state index contributed by atoms with van der Waals surface area (Å²) >= 11 is 2.46. The van der Waals surface area contributed by atoms with Crippen molar-refractivity contribution in [1.82, 2.24) is 14.9 Å². The lowest BCUT2D eigenvalue weighted by molar-refractivity contribution is -0.136. The van der Waals surface area contributed by atoms with Crippen molar-refractivity contribution in [2.45, 2.75) is 50.0 Å². The quantitative estimate of drug-likeness (QED) is 0.328. The first-order chi connectivity index (χ1) is 13.3. The highest BCUT2D eigenvalue weighted by Gasteiger charge is 2.28. The number of thioether (sulfide) groups is 1. The second-order valence-corrected chi connectivity index (χ2v) is 8.55. The first kappa shape index (κ1) is 20.9. The Hall–Kier alpha value is -1.81. The molecular formula is C18H20F3N3O2S2. The zero-order valence-corrected chi connectivity index (χ0v) is 16.7. The van der Waals surface area contributed by atoms with Crippen molar-refractivity contribution in [2.75, 3.05) is 12.3 Å². The lowest BCUT2D eigenvalue weighted by Gasteiger charge is -2.11. The second-order valence-electron chi connectivity index (χ2n) is 6.52. The summed E-state index contributed by atoms with van der Waals surface area (Å²) in [5, 5.41) is 2.77. The van der Waals surface area contributed by atoms with Crippen molar-refractivity contribution in [2.24, 2.45) is 0 Å². The number of halogens is 3. The molecule has 0 aromatic carbocycles. The van der Waals surface area contributed by atoms with Gasteiger partial charge in [-0.05, 0) is 31.2 Å². The van der Waals surface area contributed by atoms with Gasteiger partial charge in [0.05, 0.1) is 11.1 Å². The number of nitrogens with zero attached hydrogens (tertiary/aromatic N) is 2. The van der Waals surface area contributed by atoms with Crippen LogP contribution in [0.1, 0.15) is 29.7 Å². The van der Waals surface area contributed by atoms with Gasteiger partial charge in [-0.15, -0.1) is 17.9 Å². The minimum absolute atomic E-state index is 0.178. The number of alkyl halides is 3. The number of carbonyl (C=O) groups is 1. The molecule has 0 saturated carbocycles. The SMILES string of the molecule is C=CCn1c(SCC(=O)NCC(F)(F)F)nc2sc3c(c2c1=O)CCCCC3. The molecule has 2 aromatic rings. The van der Waals surface area contributed by atoms with Crippen molar-refractivity contribution in [3.8, 4) is 0 Å². The van der Waals surface area contributed by atoms with Gasteiger partial charge in [0.1, 0.15) is 11.4 Å². The molecule has 0 atom stereocenters. The van der Waals surface area contributed by atoms with Crippen LogP contribution in [0.15, 0.2) is 22.6 Å². The third-order valence-electron chi connectivity index (χ3n) is 4.42. The van der Waals surface area contributed by atoms with Crippen LogP contribution in [0, 0.1) is 0 Å². The first-order valence-corrected chi connectivity index (χ1v) is 10.7. The van der Waals surface area contributed by atoms with E-state index in [9.17, 15) is 22.8 Å². The molecule has 1 N–H and O–H groups in total. The number of amides is 1. The maximum Gasteiger partial charge on any atom is 0.405 e. The average Bonchev–Trinajstić information content (AvgIpc) is 2.81. The van der Waals surface area contributed by atoms with Crippen LogP contribution >= 0.6 is 23.1 Å². The van der Waals surface area contributed by atoms with Crippen molar-refractivity contribution in [3.63, 3.8) is 0 Å². The van der Waals surface area contributed by atoms with Crippen LogP contribution in [0.4, 0.5) is 13.2 Å². The molecule has 28 heavy (non-hydrogen) atoms. The van der Waals surface area contributed by atoms with Gasteiger partial charge in [-0.25, -0.2) is 4.98 Å². The topological polar surface area (TPSA) is 64.0 Å². The number of carbonyl (C=O) groups excluding carboxylic acids is 1.